The fraction of sp³-hybridized carbons (Fsp3) is 0.647. The predicted molar refractivity (Wildman–Crippen MR) is 73.9 cm³/mol. The summed E-state index contributed by atoms with van der Waals surface area (Å²) in [5.41, 5.74) is 3.69. The molecule has 3 saturated carbocycles. The fourth-order valence-electron chi connectivity index (χ4n) is 4.65. The monoisotopic (exact) mass is 272 g/mol. The summed E-state index contributed by atoms with van der Waals surface area (Å²) >= 11 is 0. The lowest BCUT2D eigenvalue weighted by Gasteiger charge is -2.44. The van der Waals surface area contributed by atoms with Crippen molar-refractivity contribution in [3.63, 3.8) is 0 Å². The maximum atomic E-state index is 12.2. The van der Waals surface area contributed by atoms with Crippen molar-refractivity contribution in [1.29, 1.82) is 0 Å². The van der Waals surface area contributed by atoms with Gasteiger partial charge in [-0.25, -0.2) is 0 Å². The Morgan fingerprint density at radius 3 is 2.90 bits per heavy atom. The van der Waals surface area contributed by atoms with Gasteiger partial charge in [-0.2, -0.15) is 0 Å². The standard InChI is InChI=1S/C17H20O3/c1-17-7-6-13-12-3-2-11(18)8-10(12)9-20-16(13)14(17)4-5-15(17)19/h9,14,16H,2-8H2,1H3/t14-,16+,17-/m0/s1. The van der Waals surface area contributed by atoms with Crippen LogP contribution in [0.25, 0.3) is 0 Å². The van der Waals surface area contributed by atoms with Crippen LogP contribution in [0.15, 0.2) is 23.0 Å². The Morgan fingerprint density at radius 2 is 2.05 bits per heavy atom. The van der Waals surface area contributed by atoms with Crippen LogP contribution in [0.1, 0.15) is 51.9 Å². The van der Waals surface area contributed by atoms with E-state index in [0.29, 0.717) is 36.7 Å². The molecule has 0 saturated heterocycles. The van der Waals surface area contributed by atoms with Gasteiger partial charge in [0.05, 0.1) is 6.26 Å². The minimum atomic E-state index is -0.176. The second-order valence-electron chi connectivity index (χ2n) is 6.90. The summed E-state index contributed by atoms with van der Waals surface area (Å²) in [6, 6.07) is 0. The summed E-state index contributed by atoms with van der Waals surface area (Å²) < 4.78 is 6.00. The number of ketones is 2. The highest BCUT2D eigenvalue weighted by Gasteiger charge is 2.54. The lowest BCUT2D eigenvalue weighted by molar-refractivity contribution is -0.129. The normalized spacial score (nSPS) is 39.8. The van der Waals surface area contributed by atoms with Gasteiger partial charge in [0, 0.05) is 30.6 Å². The first-order valence-electron chi connectivity index (χ1n) is 7.71. The first-order valence-corrected chi connectivity index (χ1v) is 7.71. The number of carbonyl (C=O) groups is 2. The van der Waals surface area contributed by atoms with Crippen LogP contribution >= 0.6 is 0 Å². The average Bonchev–Trinajstić information content (AvgIpc) is 2.74. The summed E-state index contributed by atoms with van der Waals surface area (Å²) in [7, 11) is 0. The van der Waals surface area contributed by atoms with E-state index in [1.807, 2.05) is 6.26 Å². The van der Waals surface area contributed by atoms with Gasteiger partial charge >= 0.3 is 0 Å². The maximum absolute atomic E-state index is 12.2. The summed E-state index contributed by atoms with van der Waals surface area (Å²) in [5, 5.41) is 0. The molecular formula is C17H20O3. The highest BCUT2D eigenvalue weighted by molar-refractivity contribution is 5.88. The predicted octanol–water partition coefficient (Wildman–Crippen LogP) is 3.10. The molecule has 106 valence electrons. The number of carbonyl (C=O) groups excluding carboxylic acids is 2. The molecule has 0 N–H and O–H groups in total. The highest BCUT2D eigenvalue weighted by Crippen LogP contribution is 2.55. The maximum Gasteiger partial charge on any atom is 0.139 e. The Hall–Kier alpha value is -1.38. The van der Waals surface area contributed by atoms with E-state index in [9.17, 15) is 9.59 Å². The number of hydrogen-bond donors (Lipinski definition) is 0. The SMILES string of the molecule is C[C@]12CCC3=C4CCC(=O)CC4=CO[C@H]3[C@@H]1CCC2=O. The first kappa shape index (κ1) is 12.4. The molecular weight excluding hydrogens is 252 g/mol. The first-order chi connectivity index (χ1) is 9.59. The van der Waals surface area contributed by atoms with Gasteiger partial charge in [-0.1, -0.05) is 6.92 Å². The lowest BCUT2D eigenvalue weighted by Crippen LogP contribution is -2.43. The van der Waals surface area contributed by atoms with E-state index in [1.54, 1.807) is 0 Å². The molecule has 0 aromatic heterocycles. The molecule has 20 heavy (non-hydrogen) atoms. The van der Waals surface area contributed by atoms with Crippen LogP contribution in [-0.4, -0.2) is 17.7 Å². The largest absolute Gasteiger partial charge is 0.493 e. The Kier molecular flexibility index (Phi) is 2.51. The van der Waals surface area contributed by atoms with Crippen molar-refractivity contribution >= 4 is 11.6 Å². The molecule has 0 bridgehead atoms. The number of Topliss-reactive ketones (excluding diaryl/α,β-unsaturated/α-hetero) is 2. The molecule has 3 nitrogen and oxygen atoms in total. The molecule has 4 aliphatic rings. The Labute approximate surface area is 119 Å². The topological polar surface area (TPSA) is 43.4 Å². The molecule has 0 aromatic rings. The molecule has 3 fully saturated rings. The molecule has 0 spiro atoms. The summed E-state index contributed by atoms with van der Waals surface area (Å²) in [6.07, 6.45) is 7.56. The Morgan fingerprint density at radius 1 is 1.20 bits per heavy atom. The zero-order valence-electron chi connectivity index (χ0n) is 11.9. The molecule has 4 rings (SSSR count). The number of allylic oxidation sites excluding steroid dienone is 2. The second kappa shape index (κ2) is 4.06. The average molecular weight is 272 g/mol. The van der Waals surface area contributed by atoms with Crippen molar-refractivity contribution < 1.29 is 14.3 Å². The van der Waals surface area contributed by atoms with Gasteiger partial charge in [0.25, 0.3) is 0 Å². The third kappa shape index (κ3) is 1.52. The van der Waals surface area contributed by atoms with Gasteiger partial charge in [-0.15, -0.1) is 0 Å². The van der Waals surface area contributed by atoms with Gasteiger partial charge in [-0.3, -0.25) is 9.59 Å². The third-order valence-electron chi connectivity index (χ3n) is 5.93. The van der Waals surface area contributed by atoms with Crippen molar-refractivity contribution in [2.24, 2.45) is 11.3 Å². The van der Waals surface area contributed by atoms with E-state index in [2.05, 4.69) is 6.92 Å². The van der Waals surface area contributed by atoms with E-state index >= 15 is 0 Å². The smallest absolute Gasteiger partial charge is 0.139 e. The third-order valence-corrected chi connectivity index (χ3v) is 5.93. The van der Waals surface area contributed by atoms with Gasteiger partial charge in [0.15, 0.2) is 0 Å². The molecule has 0 amide bonds. The van der Waals surface area contributed by atoms with E-state index in [-0.39, 0.29) is 11.5 Å². The minimum Gasteiger partial charge on any atom is -0.493 e. The molecule has 1 heterocycles. The van der Waals surface area contributed by atoms with E-state index < -0.39 is 0 Å². The number of fused-ring (bicyclic) bond motifs is 4. The molecule has 0 unspecified atom stereocenters. The second-order valence-corrected chi connectivity index (χ2v) is 6.90. The zero-order chi connectivity index (χ0) is 13.9. The van der Waals surface area contributed by atoms with Crippen molar-refractivity contribution in [1.82, 2.24) is 0 Å². The van der Waals surface area contributed by atoms with Crippen LogP contribution in [0.2, 0.25) is 0 Å². The van der Waals surface area contributed by atoms with Crippen molar-refractivity contribution in [3.8, 4) is 0 Å². The summed E-state index contributed by atoms with van der Waals surface area (Å²) in [5.74, 6) is 1.07. The Bertz CT molecular complexity index is 569. The molecule has 3 aliphatic carbocycles. The van der Waals surface area contributed by atoms with Crippen LogP contribution in [0.5, 0.6) is 0 Å². The zero-order valence-corrected chi connectivity index (χ0v) is 11.9. The lowest BCUT2D eigenvalue weighted by atomic mass is 9.64. The fourth-order valence-corrected chi connectivity index (χ4v) is 4.65. The Balaban J connectivity index is 1.72. The van der Waals surface area contributed by atoms with E-state index in [0.717, 1.165) is 31.3 Å². The van der Waals surface area contributed by atoms with E-state index in [1.165, 1.54) is 11.1 Å². The molecule has 0 radical (unpaired) electrons. The van der Waals surface area contributed by atoms with Gasteiger partial charge in [0.1, 0.15) is 17.7 Å². The molecule has 1 aliphatic heterocycles. The van der Waals surface area contributed by atoms with Gasteiger partial charge in [0.2, 0.25) is 0 Å². The number of hydrogen-bond acceptors (Lipinski definition) is 3. The molecule has 3 heteroatoms. The number of rotatable bonds is 0. The van der Waals surface area contributed by atoms with Gasteiger partial charge in [-0.05, 0) is 42.4 Å². The van der Waals surface area contributed by atoms with Crippen LogP contribution in [-0.2, 0) is 14.3 Å². The van der Waals surface area contributed by atoms with Crippen LogP contribution < -0.4 is 0 Å². The van der Waals surface area contributed by atoms with Crippen LogP contribution in [0, 0.1) is 11.3 Å². The van der Waals surface area contributed by atoms with Crippen LogP contribution in [0.4, 0.5) is 0 Å². The molecule has 0 aromatic carbocycles. The van der Waals surface area contributed by atoms with Crippen molar-refractivity contribution in [2.75, 3.05) is 0 Å². The van der Waals surface area contributed by atoms with Crippen molar-refractivity contribution in [3.05, 3.63) is 23.0 Å². The van der Waals surface area contributed by atoms with E-state index in [4.69, 9.17) is 4.74 Å². The summed E-state index contributed by atoms with van der Waals surface area (Å²) in [4.78, 5) is 23.8. The molecule has 3 atom stereocenters. The number of ether oxygens (including phenoxy) is 1. The van der Waals surface area contributed by atoms with Gasteiger partial charge < -0.3 is 4.74 Å². The highest BCUT2D eigenvalue weighted by atomic mass is 16.5. The van der Waals surface area contributed by atoms with Crippen molar-refractivity contribution in [2.45, 2.75) is 58.0 Å². The summed E-state index contributed by atoms with van der Waals surface area (Å²) in [6.45, 7) is 2.13. The van der Waals surface area contributed by atoms with Crippen LogP contribution in [0.3, 0.4) is 0 Å². The minimum absolute atomic E-state index is 0.0900. The quantitative estimate of drug-likeness (QED) is 0.680.